The maximum atomic E-state index is 10.8. The first-order valence-electron chi connectivity index (χ1n) is 6.29. The molecule has 0 saturated carbocycles. The SMILES string of the molecule is CC1=C(NC(=O)O)c2cc(CC(C)C)ccc2C1. The van der Waals surface area contributed by atoms with Crippen LogP contribution in [-0.4, -0.2) is 11.2 Å². The van der Waals surface area contributed by atoms with E-state index in [4.69, 9.17) is 5.11 Å². The highest BCUT2D eigenvalue weighted by molar-refractivity contribution is 5.85. The van der Waals surface area contributed by atoms with Crippen molar-refractivity contribution in [3.63, 3.8) is 0 Å². The van der Waals surface area contributed by atoms with E-state index in [-0.39, 0.29) is 0 Å². The number of benzene rings is 1. The average Bonchev–Trinajstić information content (AvgIpc) is 2.54. The maximum Gasteiger partial charge on any atom is 0.409 e. The molecule has 3 heteroatoms. The molecular weight excluding hydrogens is 226 g/mol. The molecule has 2 rings (SSSR count). The Bertz CT molecular complexity index is 515. The highest BCUT2D eigenvalue weighted by Crippen LogP contribution is 2.32. The van der Waals surface area contributed by atoms with E-state index in [9.17, 15) is 4.79 Å². The third-order valence-electron chi connectivity index (χ3n) is 3.20. The monoisotopic (exact) mass is 245 g/mol. The van der Waals surface area contributed by atoms with Gasteiger partial charge in [0.2, 0.25) is 0 Å². The molecule has 1 aliphatic carbocycles. The van der Waals surface area contributed by atoms with Gasteiger partial charge in [-0.1, -0.05) is 26.0 Å². The number of fused-ring (bicyclic) bond motifs is 1. The second-order valence-electron chi connectivity index (χ2n) is 5.35. The first-order chi connectivity index (χ1) is 8.47. The van der Waals surface area contributed by atoms with Crippen molar-refractivity contribution in [1.29, 1.82) is 0 Å². The van der Waals surface area contributed by atoms with Crippen molar-refractivity contribution < 1.29 is 9.90 Å². The third-order valence-corrected chi connectivity index (χ3v) is 3.20. The Balaban J connectivity index is 2.34. The van der Waals surface area contributed by atoms with Gasteiger partial charge in [0, 0.05) is 5.56 Å². The maximum absolute atomic E-state index is 10.8. The molecule has 0 heterocycles. The van der Waals surface area contributed by atoms with E-state index in [0.29, 0.717) is 5.92 Å². The topological polar surface area (TPSA) is 49.3 Å². The van der Waals surface area contributed by atoms with Crippen molar-refractivity contribution in [2.24, 2.45) is 5.92 Å². The minimum Gasteiger partial charge on any atom is -0.465 e. The number of hydrogen-bond acceptors (Lipinski definition) is 1. The summed E-state index contributed by atoms with van der Waals surface area (Å²) in [6, 6.07) is 6.39. The number of amides is 1. The molecule has 0 spiro atoms. The summed E-state index contributed by atoms with van der Waals surface area (Å²) < 4.78 is 0. The number of hydrogen-bond donors (Lipinski definition) is 2. The van der Waals surface area contributed by atoms with Crippen molar-refractivity contribution in [3.8, 4) is 0 Å². The predicted octanol–water partition coefficient (Wildman–Crippen LogP) is 3.44. The smallest absolute Gasteiger partial charge is 0.409 e. The average molecular weight is 245 g/mol. The summed E-state index contributed by atoms with van der Waals surface area (Å²) in [4.78, 5) is 10.8. The van der Waals surface area contributed by atoms with Crippen LogP contribution in [0.5, 0.6) is 0 Å². The van der Waals surface area contributed by atoms with Crippen LogP contribution in [0.1, 0.15) is 37.5 Å². The minimum absolute atomic E-state index is 0.602. The molecule has 0 aromatic heterocycles. The molecule has 1 aromatic rings. The lowest BCUT2D eigenvalue weighted by Crippen LogP contribution is -2.19. The van der Waals surface area contributed by atoms with Crippen molar-refractivity contribution >= 4 is 11.8 Å². The summed E-state index contributed by atoms with van der Waals surface area (Å²) in [6.45, 7) is 6.35. The molecule has 0 saturated heterocycles. The molecule has 0 radical (unpaired) electrons. The highest BCUT2D eigenvalue weighted by Gasteiger charge is 2.20. The Labute approximate surface area is 108 Å². The first kappa shape index (κ1) is 12.7. The largest absolute Gasteiger partial charge is 0.465 e. The van der Waals surface area contributed by atoms with Crippen LogP contribution in [0.25, 0.3) is 5.70 Å². The van der Waals surface area contributed by atoms with Crippen molar-refractivity contribution in [2.75, 3.05) is 0 Å². The molecule has 2 N–H and O–H groups in total. The van der Waals surface area contributed by atoms with Gasteiger partial charge in [0.1, 0.15) is 0 Å². The molecule has 3 nitrogen and oxygen atoms in total. The molecule has 0 fully saturated rings. The number of carbonyl (C=O) groups is 1. The van der Waals surface area contributed by atoms with E-state index in [2.05, 4.69) is 37.4 Å². The van der Waals surface area contributed by atoms with Gasteiger partial charge in [0.15, 0.2) is 0 Å². The lowest BCUT2D eigenvalue weighted by molar-refractivity contribution is 0.199. The van der Waals surface area contributed by atoms with Gasteiger partial charge in [0.05, 0.1) is 5.70 Å². The number of nitrogens with one attached hydrogen (secondary N) is 1. The van der Waals surface area contributed by atoms with Crippen LogP contribution in [0, 0.1) is 5.92 Å². The van der Waals surface area contributed by atoms with Gasteiger partial charge in [-0.25, -0.2) is 4.79 Å². The Morgan fingerprint density at radius 3 is 2.78 bits per heavy atom. The summed E-state index contributed by atoms with van der Waals surface area (Å²) in [5.41, 5.74) is 5.39. The van der Waals surface area contributed by atoms with E-state index in [0.717, 1.165) is 29.7 Å². The standard InChI is InChI=1S/C15H19NO2/c1-9(2)6-11-4-5-12-7-10(3)14(13(12)8-11)16-15(17)18/h4-5,8-9,16H,6-7H2,1-3H3,(H,17,18). The summed E-state index contributed by atoms with van der Waals surface area (Å²) in [5.74, 6) is 0.602. The Hall–Kier alpha value is -1.77. The number of allylic oxidation sites excluding steroid dienone is 1. The lowest BCUT2D eigenvalue weighted by atomic mass is 9.98. The molecule has 0 unspecified atom stereocenters. The van der Waals surface area contributed by atoms with Gasteiger partial charge < -0.3 is 5.11 Å². The molecule has 0 aliphatic heterocycles. The van der Waals surface area contributed by atoms with E-state index in [1.807, 2.05) is 6.92 Å². The zero-order valence-corrected chi connectivity index (χ0v) is 11.1. The zero-order valence-electron chi connectivity index (χ0n) is 11.1. The summed E-state index contributed by atoms with van der Waals surface area (Å²) >= 11 is 0. The normalized spacial score (nSPS) is 14.0. The predicted molar refractivity (Wildman–Crippen MR) is 72.4 cm³/mol. The van der Waals surface area contributed by atoms with E-state index in [1.54, 1.807) is 0 Å². The van der Waals surface area contributed by atoms with Crippen molar-refractivity contribution in [1.82, 2.24) is 5.32 Å². The summed E-state index contributed by atoms with van der Waals surface area (Å²) in [7, 11) is 0. The van der Waals surface area contributed by atoms with Crippen LogP contribution < -0.4 is 5.32 Å². The number of rotatable bonds is 3. The highest BCUT2D eigenvalue weighted by atomic mass is 16.4. The van der Waals surface area contributed by atoms with Crippen LogP contribution in [0.2, 0.25) is 0 Å². The molecule has 1 aliphatic rings. The molecule has 96 valence electrons. The van der Waals surface area contributed by atoms with Gasteiger partial charge in [0.25, 0.3) is 0 Å². The molecule has 18 heavy (non-hydrogen) atoms. The van der Waals surface area contributed by atoms with Gasteiger partial charge in [-0.05, 0) is 48.4 Å². The zero-order chi connectivity index (χ0) is 13.3. The molecule has 0 bridgehead atoms. The van der Waals surface area contributed by atoms with Crippen LogP contribution in [0.15, 0.2) is 23.8 Å². The van der Waals surface area contributed by atoms with Crippen LogP contribution in [-0.2, 0) is 12.8 Å². The Morgan fingerprint density at radius 1 is 1.44 bits per heavy atom. The van der Waals surface area contributed by atoms with Crippen molar-refractivity contribution in [2.45, 2.75) is 33.6 Å². The molecule has 1 aromatic carbocycles. The molecular formula is C15H19NO2. The van der Waals surface area contributed by atoms with Crippen LogP contribution in [0.3, 0.4) is 0 Å². The third kappa shape index (κ3) is 2.55. The van der Waals surface area contributed by atoms with Gasteiger partial charge in [-0.2, -0.15) is 0 Å². The second kappa shape index (κ2) is 4.84. The fraction of sp³-hybridized carbons (Fsp3) is 0.400. The summed E-state index contributed by atoms with van der Waals surface area (Å²) in [5, 5.41) is 11.4. The van der Waals surface area contributed by atoms with Crippen LogP contribution in [0.4, 0.5) is 4.79 Å². The summed E-state index contributed by atoms with van der Waals surface area (Å²) in [6.07, 6.45) is 0.867. The molecule has 0 atom stereocenters. The Kier molecular flexibility index (Phi) is 3.41. The minimum atomic E-state index is -0.994. The quantitative estimate of drug-likeness (QED) is 0.857. The fourth-order valence-corrected chi connectivity index (χ4v) is 2.49. The Morgan fingerprint density at radius 2 is 2.17 bits per heavy atom. The van der Waals surface area contributed by atoms with Gasteiger partial charge in [-0.3, -0.25) is 5.32 Å². The van der Waals surface area contributed by atoms with Gasteiger partial charge >= 0.3 is 6.09 Å². The first-order valence-corrected chi connectivity index (χ1v) is 6.29. The second-order valence-corrected chi connectivity index (χ2v) is 5.35. The van der Waals surface area contributed by atoms with Crippen molar-refractivity contribution in [3.05, 3.63) is 40.5 Å². The van der Waals surface area contributed by atoms with Gasteiger partial charge in [-0.15, -0.1) is 0 Å². The lowest BCUT2D eigenvalue weighted by Gasteiger charge is -2.10. The van der Waals surface area contributed by atoms with Crippen LogP contribution >= 0.6 is 0 Å². The fourth-order valence-electron chi connectivity index (χ4n) is 2.49. The number of carboxylic acid groups (broad SMARTS) is 1. The molecule has 1 amide bonds. The van der Waals surface area contributed by atoms with E-state index >= 15 is 0 Å². The van der Waals surface area contributed by atoms with E-state index < -0.39 is 6.09 Å². The van der Waals surface area contributed by atoms with E-state index in [1.165, 1.54) is 11.1 Å².